The Labute approximate surface area is 107 Å². The van der Waals surface area contributed by atoms with Crippen molar-refractivity contribution in [3.8, 4) is 0 Å². The summed E-state index contributed by atoms with van der Waals surface area (Å²) in [5, 5.41) is 0. The average molecular weight is 293 g/mol. The monoisotopic (exact) mass is 293 g/mol. The van der Waals surface area contributed by atoms with E-state index in [9.17, 15) is 26.7 Å². The second kappa shape index (κ2) is 5.04. The lowest BCUT2D eigenvalue weighted by Gasteiger charge is -2.06. The van der Waals surface area contributed by atoms with Gasteiger partial charge in [-0.1, -0.05) is 0 Å². The van der Waals surface area contributed by atoms with Gasteiger partial charge >= 0.3 is 0 Å². The molecular formula is C11H4F5NOS. The molecule has 19 heavy (non-hydrogen) atoms. The van der Waals surface area contributed by atoms with Gasteiger partial charge in [0.1, 0.15) is 0 Å². The number of Topliss-reactive ketones (excluding diaryl/α,β-unsaturated/α-hetero) is 1. The Morgan fingerprint density at radius 3 is 2.00 bits per heavy atom. The van der Waals surface area contributed by atoms with Crippen LogP contribution in [0.15, 0.2) is 11.7 Å². The Balaban J connectivity index is 2.48. The highest BCUT2D eigenvalue weighted by molar-refractivity contribution is 7.09. The lowest BCUT2D eigenvalue weighted by molar-refractivity contribution is 0.0982. The van der Waals surface area contributed by atoms with Crippen molar-refractivity contribution < 1.29 is 26.7 Å². The molecule has 1 heterocycles. The normalized spacial score (nSPS) is 10.8. The van der Waals surface area contributed by atoms with Gasteiger partial charge in [0.2, 0.25) is 5.82 Å². The molecule has 0 amide bonds. The zero-order valence-corrected chi connectivity index (χ0v) is 9.83. The molecule has 8 heteroatoms. The lowest BCUT2D eigenvalue weighted by Crippen LogP contribution is -2.14. The fourth-order valence-electron chi connectivity index (χ4n) is 1.43. The van der Waals surface area contributed by atoms with E-state index >= 15 is 0 Å². The summed E-state index contributed by atoms with van der Waals surface area (Å²) < 4.78 is 65.3. The molecular weight excluding hydrogens is 289 g/mol. The number of benzene rings is 1. The maximum absolute atomic E-state index is 13.3. The van der Waals surface area contributed by atoms with Crippen LogP contribution in [0.4, 0.5) is 22.0 Å². The second-order valence-corrected chi connectivity index (χ2v) is 4.48. The third-order valence-corrected chi connectivity index (χ3v) is 3.09. The summed E-state index contributed by atoms with van der Waals surface area (Å²) in [5.74, 6) is -12.0. The maximum Gasteiger partial charge on any atom is 0.200 e. The summed E-state index contributed by atoms with van der Waals surface area (Å²) in [4.78, 5) is 15.6. The van der Waals surface area contributed by atoms with Gasteiger partial charge < -0.3 is 0 Å². The topological polar surface area (TPSA) is 30.0 Å². The van der Waals surface area contributed by atoms with Gasteiger partial charge in [-0.25, -0.2) is 22.0 Å². The summed E-state index contributed by atoms with van der Waals surface area (Å²) in [5.41, 5.74) is -0.0500. The molecule has 2 nitrogen and oxygen atoms in total. The van der Waals surface area contributed by atoms with Crippen molar-refractivity contribution in [3.05, 3.63) is 51.2 Å². The van der Waals surface area contributed by atoms with Crippen LogP contribution in [-0.4, -0.2) is 10.8 Å². The zero-order valence-electron chi connectivity index (χ0n) is 9.02. The number of rotatable bonds is 3. The highest BCUT2D eigenvalue weighted by Gasteiger charge is 2.29. The number of carbonyl (C=O) groups is 1. The highest BCUT2D eigenvalue weighted by Crippen LogP contribution is 2.24. The van der Waals surface area contributed by atoms with Crippen LogP contribution in [0.2, 0.25) is 0 Å². The Hall–Kier alpha value is -1.83. The average Bonchev–Trinajstić information content (AvgIpc) is 2.87. The van der Waals surface area contributed by atoms with Crippen LogP contribution < -0.4 is 0 Å². The van der Waals surface area contributed by atoms with Gasteiger partial charge in [-0.05, 0) is 0 Å². The number of nitrogens with zero attached hydrogens (tertiary/aromatic N) is 1. The van der Waals surface area contributed by atoms with E-state index in [0.717, 1.165) is 11.3 Å². The van der Waals surface area contributed by atoms with Crippen molar-refractivity contribution in [1.29, 1.82) is 0 Å². The Morgan fingerprint density at radius 1 is 1.00 bits per heavy atom. The van der Waals surface area contributed by atoms with Crippen LogP contribution in [0.25, 0.3) is 0 Å². The molecule has 2 aromatic rings. The lowest BCUT2D eigenvalue weighted by atomic mass is 10.1. The van der Waals surface area contributed by atoms with Crippen LogP contribution in [0.5, 0.6) is 0 Å². The molecule has 0 atom stereocenters. The number of aromatic nitrogens is 1. The van der Waals surface area contributed by atoms with E-state index < -0.39 is 46.9 Å². The second-order valence-electron chi connectivity index (χ2n) is 3.51. The molecule has 0 fully saturated rings. The van der Waals surface area contributed by atoms with Crippen molar-refractivity contribution in [2.75, 3.05) is 0 Å². The molecule has 0 bridgehead atoms. The molecule has 0 aliphatic rings. The van der Waals surface area contributed by atoms with Crippen LogP contribution in [0.3, 0.4) is 0 Å². The third-order valence-electron chi connectivity index (χ3n) is 2.31. The molecule has 0 aliphatic carbocycles. The molecule has 1 aromatic carbocycles. The molecule has 0 saturated carbocycles. The van der Waals surface area contributed by atoms with Crippen molar-refractivity contribution in [3.63, 3.8) is 0 Å². The van der Waals surface area contributed by atoms with E-state index in [1.54, 1.807) is 0 Å². The van der Waals surface area contributed by atoms with E-state index in [-0.39, 0.29) is 0 Å². The maximum atomic E-state index is 13.3. The SMILES string of the molecule is O=C(Cc1cncs1)c1c(F)c(F)c(F)c(F)c1F. The summed E-state index contributed by atoms with van der Waals surface area (Å²) in [6.45, 7) is 0. The molecule has 1 aromatic heterocycles. The first-order valence-corrected chi connectivity index (χ1v) is 5.73. The number of thiazole rings is 1. The first-order valence-electron chi connectivity index (χ1n) is 4.85. The Bertz CT molecular complexity index is 612. The van der Waals surface area contributed by atoms with Crippen molar-refractivity contribution in [1.82, 2.24) is 4.98 Å². The van der Waals surface area contributed by atoms with E-state index in [1.807, 2.05) is 0 Å². The van der Waals surface area contributed by atoms with E-state index in [4.69, 9.17) is 0 Å². The molecule has 0 unspecified atom stereocenters. The summed E-state index contributed by atoms with van der Waals surface area (Å²) in [6.07, 6.45) is 0.789. The van der Waals surface area contributed by atoms with Crippen molar-refractivity contribution in [2.45, 2.75) is 6.42 Å². The fourth-order valence-corrected chi connectivity index (χ4v) is 2.02. The van der Waals surface area contributed by atoms with Gasteiger partial charge in [-0.2, -0.15) is 0 Å². The molecule has 0 aliphatic heterocycles. The first-order chi connectivity index (χ1) is 8.93. The van der Waals surface area contributed by atoms with E-state index in [0.29, 0.717) is 4.88 Å². The van der Waals surface area contributed by atoms with Gasteiger partial charge in [0.05, 0.1) is 11.1 Å². The molecule has 0 radical (unpaired) electrons. The van der Waals surface area contributed by atoms with E-state index in [2.05, 4.69) is 4.98 Å². The van der Waals surface area contributed by atoms with E-state index in [1.165, 1.54) is 11.7 Å². The summed E-state index contributed by atoms with van der Waals surface area (Å²) in [6, 6.07) is 0. The minimum Gasteiger partial charge on any atom is -0.294 e. The molecule has 0 spiro atoms. The van der Waals surface area contributed by atoms with Crippen LogP contribution >= 0.6 is 11.3 Å². The summed E-state index contributed by atoms with van der Waals surface area (Å²) in [7, 11) is 0. The van der Waals surface area contributed by atoms with Crippen LogP contribution in [-0.2, 0) is 6.42 Å². The number of carbonyl (C=O) groups excluding carboxylic acids is 1. The molecule has 0 saturated heterocycles. The first kappa shape index (κ1) is 13.6. The van der Waals surface area contributed by atoms with Crippen LogP contribution in [0, 0.1) is 29.1 Å². The van der Waals surface area contributed by atoms with Gasteiger partial charge in [0.25, 0.3) is 0 Å². The van der Waals surface area contributed by atoms with Gasteiger partial charge in [-0.3, -0.25) is 9.78 Å². The highest BCUT2D eigenvalue weighted by atomic mass is 32.1. The smallest absolute Gasteiger partial charge is 0.200 e. The standard InChI is InChI=1S/C11H4F5NOS/c12-7-6(5(18)1-4-2-17-3-19-4)8(13)10(15)11(16)9(7)14/h2-3H,1H2. The molecule has 0 N–H and O–H groups in total. The number of halogens is 5. The quantitative estimate of drug-likeness (QED) is 0.376. The fraction of sp³-hybridized carbons (Fsp3) is 0.0909. The largest absolute Gasteiger partial charge is 0.294 e. The van der Waals surface area contributed by atoms with Crippen molar-refractivity contribution >= 4 is 17.1 Å². The van der Waals surface area contributed by atoms with Gasteiger partial charge in [-0.15, -0.1) is 11.3 Å². The van der Waals surface area contributed by atoms with Gasteiger partial charge in [0, 0.05) is 17.5 Å². The Morgan fingerprint density at radius 2 is 1.53 bits per heavy atom. The zero-order chi connectivity index (χ0) is 14.2. The minimum atomic E-state index is -2.29. The number of hydrogen-bond donors (Lipinski definition) is 0. The number of hydrogen-bond acceptors (Lipinski definition) is 3. The van der Waals surface area contributed by atoms with Gasteiger partial charge in [0.15, 0.2) is 29.1 Å². The predicted molar refractivity (Wildman–Crippen MR) is 56.4 cm³/mol. The number of ketones is 1. The van der Waals surface area contributed by atoms with Crippen LogP contribution in [0.1, 0.15) is 15.2 Å². The minimum absolute atomic E-state index is 0.356. The molecule has 100 valence electrons. The van der Waals surface area contributed by atoms with Crippen molar-refractivity contribution in [2.24, 2.45) is 0 Å². The predicted octanol–water partition coefficient (Wildman–Crippen LogP) is 3.26. The summed E-state index contributed by atoms with van der Waals surface area (Å²) >= 11 is 1.03. The third kappa shape index (κ3) is 2.35. The Kier molecular flexibility index (Phi) is 3.61. The molecule has 2 rings (SSSR count).